The molecule has 1 N–H and O–H groups in total. The minimum atomic E-state index is -0.576. The van der Waals surface area contributed by atoms with Gasteiger partial charge in [-0.3, -0.25) is 4.90 Å². The molecule has 0 amide bonds. The first-order chi connectivity index (χ1) is 13.6. The van der Waals surface area contributed by atoms with Crippen LogP contribution in [0.4, 0.5) is 0 Å². The number of aliphatic hydroxyl groups is 1. The van der Waals surface area contributed by atoms with E-state index in [4.69, 9.17) is 14.2 Å². The molecule has 3 rings (SSSR count). The molecule has 1 fully saturated rings. The molecule has 28 heavy (non-hydrogen) atoms. The second-order valence-corrected chi connectivity index (χ2v) is 7.40. The van der Waals surface area contributed by atoms with Crippen LogP contribution >= 0.6 is 0 Å². The number of ether oxygens (including phenoxy) is 3. The second-order valence-electron chi connectivity index (χ2n) is 7.40. The van der Waals surface area contributed by atoms with Crippen LogP contribution in [0.1, 0.15) is 24.0 Å². The Morgan fingerprint density at radius 2 is 1.89 bits per heavy atom. The first-order valence-electron chi connectivity index (χ1n) is 9.97. The number of nitrogens with zero attached hydrogens (tertiary/aromatic N) is 1. The molecule has 5 nitrogen and oxygen atoms in total. The summed E-state index contributed by atoms with van der Waals surface area (Å²) in [6.07, 6.45) is 1.88. The van der Waals surface area contributed by atoms with E-state index in [1.165, 1.54) is 11.1 Å². The average molecular weight is 386 g/mol. The quantitative estimate of drug-likeness (QED) is 0.679. The van der Waals surface area contributed by atoms with Gasteiger partial charge in [-0.15, -0.1) is 0 Å². The van der Waals surface area contributed by atoms with Gasteiger partial charge in [-0.25, -0.2) is 0 Å². The van der Waals surface area contributed by atoms with Crippen molar-refractivity contribution in [3.8, 4) is 11.5 Å². The van der Waals surface area contributed by atoms with Crippen molar-refractivity contribution in [2.45, 2.75) is 38.5 Å². The van der Waals surface area contributed by atoms with Gasteiger partial charge in [0.15, 0.2) is 0 Å². The first kappa shape index (κ1) is 20.6. The van der Waals surface area contributed by atoms with Gasteiger partial charge in [0, 0.05) is 26.2 Å². The molecule has 1 aliphatic heterocycles. The molecule has 1 saturated heterocycles. The van der Waals surface area contributed by atoms with E-state index < -0.39 is 6.10 Å². The smallest absolute Gasteiger partial charge is 0.119 e. The molecule has 0 saturated carbocycles. The molecule has 5 heteroatoms. The highest BCUT2D eigenvalue weighted by atomic mass is 16.5. The lowest BCUT2D eigenvalue weighted by molar-refractivity contribution is 0.0313. The maximum atomic E-state index is 10.6. The summed E-state index contributed by atoms with van der Waals surface area (Å²) in [5.41, 5.74) is 2.55. The van der Waals surface area contributed by atoms with E-state index in [-0.39, 0.29) is 12.7 Å². The van der Waals surface area contributed by atoms with Crippen molar-refractivity contribution < 1.29 is 19.3 Å². The maximum absolute atomic E-state index is 10.6. The van der Waals surface area contributed by atoms with Gasteiger partial charge in [0.2, 0.25) is 0 Å². The molecule has 152 valence electrons. The van der Waals surface area contributed by atoms with Crippen LogP contribution in [0.15, 0.2) is 48.5 Å². The van der Waals surface area contributed by atoms with E-state index in [9.17, 15) is 5.11 Å². The van der Waals surface area contributed by atoms with E-state index in [1.807, 2.05) is 24.3 Å². The van der Waals surface area contributed by atoms with Crippen molar-refractivity contribution in [1.82, 2.24) is 4.90 Å². The Morgan fingerprint density at radius 1 is 1.14 bits per heavy atom. The van der Waals surface area contributed by atoms with Crippen molar-refractivity contribution in [3.05, 3.63) is 59.7 Å². The van der Waals surface area contributed by atoms with Crippen LogP contribution in [0.5, 0.6) is 11.5 Å². The molecular weight excluding hydrogens is 354 g/mol. The van der Waals surface area contributed by atoms with Crippen molar-refractivity contribution in [2.75, 3.05) is 33.4 Å². The molecule has 2 aromatic rings. The Morgan fingerprint density at radius 3 is 2.57 bits per heavy atom. The Hall–Kier alpha value is -2.08. The lowest BCUT2D eigenvalue weighted by Crippen LogP contribution is -2.39. The highest BCUT2D eigenvalue weighted by Crippen LogP contribution is 2.19. The van der Waals surface area contributed by atoms with Crippen LogP contribution < -0.4 is 9.47 Å². The van der Waals surface area contributed by atoms with Gasteiger partial charge in [0.05, 0.1) is 13.2 Å². The van der Waals surface area contributed by atoms with Gasteiger partial charge in [0.1, 0.15) is 24.2 Å². The predicted octanol–water partition coefficient (Wildman–Crippen LogP) is 3.42. The van der Waals surface area contributed by atoms with Crippen LogP contribution in [-0.2, 0) is 11.3 Å². The fourth-order valence-corrected chi connectivity index (χ4v) is 3.52. The van der Waals surface area contributed by atoms with Crippen molar-refractivity contribution in [3.63, 3.8) is 0 Å². The molecule has 0 aromatic heterocycles. The second kappa shape index (κ2) is 10.5. The molecule has 0 spiro atoms. The standard InChI is InChI=1S/C23H31NO4/c1-18-6-3-4-7-19(18)14-24(16-23-8-5-13-27-23)15-20(25)17-28-22-11-9-21(26-2)10-12-22/h3-4,6-7,9-12,20,23,25H,5,8,13-17H2,1-2H3/t20-,23+/m1/s1. The number of hydrogen-bond donors (Lipinski definition) is 1. The number of hydrogen-bond acceptors (Lipinski definition) is 5. The largest absolute Gasteiger partial charge is 0.497 e. The molecule has 1 heterocycles. The monoisotopic (exact) mass is 385 g/mol. The third-order valence-corrected chi connectivity index (χ3v) is 5.11. The van der Waals surface area contributed by atoms with Crippen LogP contribution in [0.2, 0.25) is 0 Å². The fraction of sp³-hybridized carbons (Fsp3) is 0.478. The number of aryl methyl sites for hydroxylation is 1. The van der Waals surface area contributed by atoms with E-state index in [0.717, 1.165) is 44.0 Å². The SMILES string of the molecule is COc1ccc(OC[C@H](O)CN(Cc2ccccc2C)C[C@@H]2CCCO2)cc1. The molecule has 0 aliphatic carbocycles. The maximum Gasteiger partial charge on any atom is 0.119 e. The Kier molecular flexibility index (Phi) is 7.71. The summed E-state index contributed by atoms with van der Waals surface area (Å²) >= 11 is 0. The molecular formula is C23H31NO4. The van der Waals surface area contributed by atoms with Crippen molar-refractivity contribution >= 4 is 0 Å². The third kappa shape index (κ3) is 6.23. The summed E-state index contributed by atoms with van der Waals surface area (Å²) in [6, 6.07) is 15.8. The normalized spacial score (nSPS) is 17.6. The molecule has 0 bridgehead atoms. The third-order valence-electron chi connectivity index (χ3n) is 5.11. The highest BCUT2D eigenvalue weighted by molar-refractivity contribution is 5.31. The van der Waals surface area contributed by atoms with Gasteiger partial charge in [-0.2, -0.15) is 0 Å². The van der Waals surface area contributed by atoms with E-state index in [2.05, 4.69) is 36.1 Å². The Labute approximate surface area is 167 Å². The number of aliphatic hydroxyl groups excluding tert-OH is 1. The average Bonchev–Trinajstić information content (AvgIpc) is 3.21. The van der Waals surface area contributed by atoms with Gasteiger partial charge in [-0.05, 0) is 55.2 Å². The zero-order valence-electron chi connectivity index (χ0n) is 16.8. The lowest BCUT2D eigenvalue weighted by Gasteiger charge is -2.28. The summed E-state index contributed by atoms with van der Waals surface area (Å²) in [7, 11) is 1.64. The minimum absolute atomic E-state index is 0.249. The summed E-state index contributed by atoms with van der Waals surface area (Å²) in [6.45, 7) is 5.39. The van der Waals surface area contributed by atoms with Gasteiger partial charge in [0.25, 0.3) is 0 Å². The number of rotatable bonds is 10. The van der Waals surface area contributed by atoms with Crippen LogP contribution in [0.3, 0.4) is 0 Å². The summed E-state index contributed by atoms with van der Waals surface area (Å²) in [5, 5.41) is 10.6. The van der Waals surface area contributed by atoms with E-state index >= 15 is 0 Å². The number of methoxy groups -OCH3 is 1. The summed E-state index contributed by atoms with van der Waals surface area (Å²) in [4.78, 5) is 2.28. The summed E-state index contributed by atoms with van der Waals surface area (Å²) in [5.74, 6) is 1.51. The minimum Gasteiger partial charge on any atom is -0.497 e. The van der Waals surface area contributed by atoms with Crippen LogP contribution in [0.25, 0.3) is 0 Å². The highest BCUT2D eigenvalue weighted by Gasteiger charge is 2.22. The van der Waals surface area contributed by atoms with E-state index in [0.29, 0.717) is 6.54 Å². The Balaban J connectivity index is 1.56. The first-order valence-corrected chi connectivity index (χ1v) is 9.97. The molecule has 2 atom stereocenters. The van der Waals surface area contributed by atoms with Crippen molar-refractivity contribution in [2.24, 2.45) is 0 Å². The lowest BCUT2D eigenvalue weighted by atomic mass is 10.1. The Bertz CT molecular complexity index is 713. The zero-order valence-corrected chi connectivity index (χ0v) is 16.8. The van der Waals surface area contributed by atoms with Crippen LogP contribution in [-0.4, -0.2) is 55.6 Å². The molecule has 0 unspecified atom stereocenters. The zero-order chi connectivity index (χ0) is 19.8. The predicted molar refractivity (Wildman–Crippen MR) is 110 cm³/mol. The molecule has 0 radical (unpaired) electrons. The fourth-order valence-electron chi connectivity index (χ4n) is 3.52. The summed E-state index contributed by atoms with van der Waals surface area (Å²) < 4.78 is 16.7. The van der Waals surface area contributed by atoms with Gasteiger partial charge >= 0.3 is 0 Å². The van der Waals surface area contributed by atoms with Gasteiger partial charge in [-0.1, -0.05) is 24.3 Å². The molecule has 1 aliphatic rings. The van der Waals surface area contributed by atoms with E-state index in [1.54, 1.807) is 7.11 Å². The topological polar surface area (TPSA) is 51.2 Å². The van der Waals surface area contributed by atoms with Crippen molar-refractivity contribution in [1.29, 1.82) is 0 Å². The van der Waals surface area contributed by atoms with Crippen LogP contribution in [0, 0.1) is 6.92 Å². The van der Waals surface area contributed by atoms with Gasteiger partial charge < -0.3 is 19.3 Å². The number of benzene rings is 2. The molecule has 2 aromatic carbocycles.